The summed E-state index contributed by atoms with van der Waals surface area (Å²) in [5.41, 5.74) is 6.01. The van der Waals surface area contributed by atoms with Gasteiger partial charge >= 0.3 is 0 Å². The molecule has 3 aromatic carbocycles. The molecule has 0 radical (unpaired) electrons. The van der Waals surface area contributed by atoms with Gasteiger partial charge < -0.3 is 4.57 Å². The van der Waals surface area contributed by atoms with Crippen LogP contribution in [0.2, 0.25) is 0 Å². The minimum Gasteiger partial charge on any atom is -0.318 e. The molecular weight excluding hydrogens is 424 g/mol. The molecule has 7 nitrogen and oxygen atoms in total. The van der Waals surface area contributed by atoms with Crippen molar-refractivity contribution in [2.75, 3.05) is 0 Å². The van der Waals surface area contributed by atoms with Gasteiger partial charge in [-0.2, -0.15) is 4.68 Å². The average molecular weight is 447 g/mol. The SMILES string of the molecule is Cc1[nH]n(-c2nnc3c(n2)c2ccccc2n3Cc2ccccc2)c(=O)c1Cc1ccccc1. The third kappa shape index (κ3) is 3.38. The van der Waals surface area contributed by atoms with Crippen molar-refractivity contribution in [3.8, 4) is 5.95 Å². The first-order valence-electron chi connectivity index (χ1n) is 11.2. The van der Waals surface area contributed by atoms with Gasteiger partial charge in [0.2, 0.25) is 0 Å². The zero-order valence-corrected chi connectivity index (χ0v) is 18.6. The highest BCUT2D eigenvalue weighted by Gasteiger charge is 2.19. The lowest BCUT2D eigenvalue weighted by atomic mass is 10.1. The van der Waals surface area contributed by atoms with Crippen molar-refractivity contribution in [2.24, 2.45) is 0 Å². The van der Waals surface area contributed by atoms with Gasteiger partial charge in [-0.3, -0.25) is 9.89 Å². The molecule has 7 heteroatoms. The number of para-hydroxylation sites is 1. The van der Waals surface area contributed by atoms with Gasteiger partial charge in [0.15, 0.2) is 5.65 Å². The number of aromatic amines is 1. The fraction of sp³-hybridized carbons (Fsp3) is 0.111. The molecule has 0 saturated heterocycles. The van der Waals surface area contributed by atoms with Crippen molar-refractivity contribution in [2.45, 2.75) is 19.9 Å². The van der Waals surface area contributed by atoms with E-state index in [1.54, 1.807) is 0 Å². The van der Waals surface area contributed by atoms with Crippen LogP contribution in [0.25, 0.3) is 28.0 Å². The summed E-state index contributed by atoms with van der Waals surface area (Å²) in [5, 5.41) is 13.0. The van der Waals surface area contributed by atoms with Crippen LogP contribution in [0.5, 0.6) is 0 Å². The van der Waals surface area contributed by atoms with E-state index in [1.807, 2.05) is 73.7 Å². The molecule has 3 aromatic heterocycles. The lowest BCUT2D eigenvalue weighted by Crippen LogP contribution is -2.20. The first-order valence-corrected chi connectivity index (χ1v) is 11.2. The maximum absolute atomic E-state index is 13.3. The van der Waals surface area contributed by atoms with Crippen LogP contribution < -0.4 is 5.56 Å². The highest BCUT2D eigenvalue weighted by Crippen LogP contribution is 2.27. The van der Waals surface area contributed by atoms with Gasteiger partial charge in [-0.25, -0.2) is 4.98 Å². The Morgan fingerprint density at radius 3 is 2.26 bits per heavy atom. The van der Waals surface area contributed by atoms with Crippen LogP contribution in [0.1, 0.15) is 22.4 Å². The van der Waals surface area contributed by atoms with Gasteiger partial charge in [0.25, 0.3) is 11.5 Å². The quantitative estimate of drug-likeness (QED) is 0.425. The van der Waals surface area contributed by atoms with Gasteiger partial charge in [-0.05, 0) is 24.1 Å². The number of fused-ring (bicyclic) bond motifs is 3. The lowest BCUT2D eigenvalue weighted by Gasteiger charge is -2.06. The molecule has 0 bridgehead atoms. The Kier molecular flexibility index (Phi) is 4.80. The third-order valence-electron chi connectivity index (χ3n) is 6.16. The number of aryl methyl sites for hydroxylation is 1. The molecule has 166 valence electrons. The van der Waals surface area contributed by atoms with Gasteiger partial charge in [-0.15, -0.1) is 10.2 Å². The van der Waals surface area contributed by atoms with Crippen LogP contribution in [0, 0.1) is 6.92 Å². The monoisotopic (exact) mass is 446 g/mol. The van der Waals surface area contributed by atoms with Gasteiger partial charge in [-0.1, -0.05) is 78.9 Å². The Morgan fingerprint density at radius 2 is 1.50 bits per heavy atom. The molecule has 0 saturated carbocycles. The largest absolute Gasteiger partial charge is 0.318 e. The molecule has 6 aromatic rings. The Morgan fingerprint density at radius 1 is 0.824 bits per heavy atom. The Hall–Kier alpha value is -4.52. The molecule has 0 aliphatic heterocycles. The molecule has 0 unspecified atom stereocenters. The van der Waals surface area contributed by atoms with E-state index in [1.165, 1.54) is 4.68 Å². The van der Waals surface area contributed by atoms with E-state index < -0.39 is 0 Å². The van der Waals surface area contributed by atoms with E-state index in [0.717, 1.165) is 33.2 Å². The summed E-state index contributed by atoms with van der Waals surface area (Å²) >= 11 is 0. The maximum Gasteiger partial charge on any atom is 0.277 e. The molecule has 0 fully saturated rings. The van der Waals surface area contributed by atoms with Gasteiger partial charge in [0.1, 0.15) is 5.52 Å². The van der Waals surface area contributed by atoms with Crippen LogP contribution in [0.3, 0.4) is 0 Å². The topological polar surface area (TPSA) is 81.4 Å². The fourth-order valence-corrected chi connectivity index (χ4v) is 4.45. The molecule has 3 heterocycles. The second-order valence-electron chi connectivity index (χ2n) is 8.39. The number of aromatic nitrogens is 6. The van der Waals surface area contributed by atoms with E-state index in [4.69, 9.17) is 4.98 Å². The van der Waals surface area contributed by atoms with Crippen LogP contribution in [-0.4, -0.2) is 29.5 Å². The van der Waals surface area contributed by atoms with Crippen LogP contribution in [0.15, 0.2) is 89.7 Å². The molecule has 0 atom stereocenters. The van der Waals surface area contributed by atoms with Crippen LogP contribution >= 0.6 is 0 Å². The van der Waals surface area contributed by atoms with Crippen molar-refractivity contribution in [1.82, 2.24) is 29.5 Å². The number of H-pyrrole nitrogens is 1. The first-order chi connectivity index (χ1) is 16.7. The molecular formula is C27H22N6O. The van der Waals surface area contributed by atoms with Crippen molar-refractivity contribution >= 4 is 22.1 Å². The molecule has 34 heavy (non-hydrogen) atoms. The zero-order valence-electron chi connectivity index (χ0n) is 18.6. The minimum absolute atomic E-state index is 0.157. The van der Waals surface area contributed by atoms with Crippen molar-refractivity contribution in [3.05, 3.63) is 118 Å². The first kappa shape index (κ1) is 20.1. The predicted molar refractivity (Wildman–Crippen MR) is 132 cm³/mol. The summed E-state index contributed by atoms with van der Waals surface area (Å²) in [6.45, 7) is 2.55. The molecule has 0 spiro atoms. The molecule has 0 aliphatic rings. The van der Waals surface area contributed by atoms with Crippen molar-refractivity contribution in [3.63, 3.8) is 0 Å². The zero-order chi connectivity index (χ0) is 23.1. The van der Waals surface area contributed by atoms with E-state index >= 15 is 0 Å². The summed E-state index contributed by atoms with van der Waals surface area (Å²) in [4.78, 5) is 18.1. The van der Waals surface area contributed by atoms with E-state index in [-0.39, 0.29) is 11.5 Å². The molecule has 0 aliphatic carbocycles. The van der Waals surface area contributed by atoms with E-state index in [9.17, 15) is 4.79 Å². The fourth-order valence-electron chi connectivity index (χ4n) is 4.45. The lowest BCUT2D eigenvalue weighted by molar-refractivity contribution is 0.748. The highest BCUT2D eigenvalue weighted by atomic mass is 16.1. The summed E-state index contributed by atoms with van der Waals surface area (Å²) in [5.74, 6) is 0.238. The molecule has 0 amide bonds. The van der Waals surface area contributed by atoms with E-state index in [0.29, 0.717) is 24.2 Å². The van der Waals surface area contributed by atoms with Crippen molar-refractivity contribution in [1.29, 1.82) is 0 Å². The molecule has 6 rings (SSSR count). The number of nitrogens with zero attached hydrogens (tertiary/aromatic N) is 5. The number of rotatable bonds is 5. The average Bonchev–Trinajstić information content (AvgIpc) is 3.34. The standard InChI is InChI=1S/C27H22N6O/c1-18-22(16-19-10-4-2-5-11-19)26(34)33(31-18)27-28-24-21-14-8-9-15-23(21)32(25(24)29-30-27)17-20-12-6-3-7-13-20/h2-15,31H,16-17H2,1H3. The summed E-state index contributed by atoms with van der Waals surface area (Å²) < 4.78 is 3.51. The minimum atomic E-state index is -0.157. The summed E-state index contributed by atoms with van der Waals surface area (Å²) in [6.07, 6.45) is 0.543. The number of benzene rings is 3. The summed E-state index contributed by atoms with van der Waals surface area (Å²) in [7, 11) is 0. The van der Waals surface area contributed by atoms with Gasteiger partial charge in [0.05, 0.1) is 5.52 Å². The Labute approximate surface area is 195 Å². The van der Waals surface area contributed by atoms with Gasteiger partial charge in [0, 0.05) is 29.6 Å². The second kappa shape index (κ2) is 8.12. The Bertz CT molecular complexity index is 1680. The summed E-state index contributed by atoms with van der Waals surface area (Å²) in [6, 6.07) is 28.3. The predicted octanol–water partition coefficient (Wildman–Crippen LogP) is 4.41. The number of hydrogen-bond acceptors (Lipinski definition) is 4. The highest BCUT2D eigenvalue weighted by molar-refractivity contribution is 6.04. The van der Waals surface area contributed by atoms with Crippen LogP contribution in [0.4, 0.5) is 0 Å². The van der Waals surface area contributed by atoms with E-state index in [2.05, 4.69) is 38.1 Å². The molecule has 1 N–H and O–H groups in total. The maximum atomic E-state index is 13.3. The number of nitrogens with one attached hydrogen (secondary N) is 1. The Balaban J connectivity index is 1.47. The van der Waals surface area contributed by atoms with Crippen LogP contribution in [-0.2, 0) is 13.0 Å². The second-order valence-corrected chi connectivity index (χ2v) is 8.39. The van der Waals surface area contributed by atoms with Crippen molar-refractivity contribution < 1.29 is 0 Å². The third-order valence-corrected chi connectivity index (χ3v) is 6.16. The number of hydrogen-bond donors (Lipinski definition) is 1. The normalized spacial score (nSPS) is 11.4. The smallest absolute Gasteiger partial charge is 0.277 e.